The van der Waals surface area contributed by atoms with E-state index in [1.54, 1.807) is 29.3 Å². The highest BCUT2D eigenvalue weighted by atomic mass is 79.9. The number of para-hydroxylation sites is 1. The summed E-state index contributed by atoms with van der Waals surface area (Å²) in [5.74, 6) is -2.19. The van der Waals surface area contributed by atoms with Crippen molar-refractivity contribution in [2.75, 3.05) is 18.7 Å². The lowest BCUT2D eigenvalue weighted by Gasteiger charge is -2.34. The number of halogens is 2. The lowest BCUT2D eigenvalue weighted by atomic mass is 9.74. The standard InChI is InChI=1S/C25H22Br2N2O6/c1-34-24(30)25(31,15-28(32)33)21-22(16-7-11-18(26)12-8-16)29(20-5-3-2-4-6-20)35-23(21)17-9-13-19(27)14-10-17/h2-14,21-23,31H,15H2,1H3/t21-,22-,23+,25+/m1/s1. The number of hydrogen-bond acceptors (Lipinski definition) is 7. The van der Waals surface area contributed by atoms with Gasteiger partial charge >= 0.3 is 5.97 Å². The first kappa shape index (κ1) is 25.3. The van der Waals surface area contributed by atoms with Gasteiger partial charge in [0.05, 0.1) is 24.8 Å². The second-order valence-electron chi connectivity index (χ2n) is 8.17. The molecule has 35 heavy (non-hydrogen) atoms. The van der Waals surface area contributed by atoms with Crippen molar-refractivity contribution in [3.63, 3.8) is 0 Å². The summed E-state index contributed by atoms with van der Waals surface area (Å²) in [4.78, 5) is 30.4. The quantitative estimate of drug-likeness (QED) is 0.223. The van der Waals surface area contributed by atoms with E-state index in [9.17, 15) is 20.0 Å². The third-order valence-electron chi connectivity index (χ3n) is 6.03. The number of anilines is 1. The van der Waals surface area contributed by atoms with E-state index in [1.807, 2.05) is 54.6 Å². The van der Waals surface area contributed by atoms with E-state index in [1.165, 1.54) is 0 Å². The van der Waals surface area contributed by atoms with Gasteiger partial charge in [0, 0.05) is 13.9 Å². The number of aliphatic hydroxyl groups is 1. The molecule has 0 unspecified atom stereocenters. The molecule has 3 aromatic carbocycles. The number of carbonyl (C=O) groups excluding carboxylic acids is 1. The SMILES string of the molecule is COC(=O)[C@](O)(C[N+](=O)[O-])[C@@H]1[C@@H](c2ccc(Br)cc2)N(c2ccccc2)O[C@H]1c1ccc(Br)cc1. The molecular weight excluding hydrogens is 584 g/mol. The van der Waals surface area contributed by atoms with Crippen LogP contribution in [0.1, 0.15) is 23.3 Å². The molecule has 4 rings (SSSR count). The van der Waals surface area contributed by atoms with E-state index in [-0.39, 0.29) is 0 Å². The minimum atomic E-state index is -2.49. The molecule has 0 amide bonds. The van der Waals surface area contributed by atoms with Crippen molar-refractivity contribution in [2.24, 2.45) is 5.92 Å². The first-order chi connectivity index (χ1) is 16.7. The van der Waals surface area contributed by atoms with Gasteiger partial charge in [0.2, 0.25) is 12.1 Å². The van der Waals surface area contributed by atoms with Crippen LogP contribution in [0.3, 0.4) is 0 Å². The molecular formula is C25H22Br2N2O6. The van der Waals surface area contributed by atoms with Crippen LogP contribution in [-0.4, -0.2) is 35.3 Å². The number of benzene rings is 3. The molecule has 1 N–H and O–H groups in total. The van der Waals surface area contributed by atoms with Crippen molar-refractivity contribution in [1.29, 1.82) is 0 Å². The predicted molar refractivity (Wildman–Crippen MR) is 136 cm³/mol. The second-order valence-corrected chi connectivity index (χ2v) is 10.00. The zero-order valence-electron chi connectivity index (χ0n) is 18.6. The second kappa shape index (κ2) is 10.4. The smallest absolute Gasteiger partial charge is 0.345 e. The Bertz CT molecular complexity index is 1190. The van der Waals surface area contributed by atoms with Crippen LogP contribution in [-0.2, 0) is 14.4 Å². The molecule has 10 heteroatoms. The largest absolute Gasteiger partial charge is 0.467 e. The molecule has 0 aliphatic carbocycles. The van der Waals surface area contributed by atoms with Gasteiger partial charge in [0.25, 0.3) is 0 Å². The van der Waals surface area contributed by atoms with Crippen molar-refractivity contribution in [2.45, 2.75) is 17.7 Å². The lowest BCUT2D eigenvalue weighted by Crippen LogP contribution is -2.55. The van der Waals surface area contributed by atoms with Gasteiger partial charge in [-0.05, 0) is 47.5 Å². The highest BCUT2D eigenvalue weighted by Crippen LogP contribution is 2.53. The Hall–Kier alpha value is -2.79. The molecule has 182 valence electrons. The topological polar surface area (TPSA) is 102 Å². The van der Waals surface area contributed by atoms with Gasteiger partial charge in [-0.2, -0.15) is 0 Å². The number of rotatable bonds is 7. The fourth-order valence-electron chi connectivity index (χ4n) is 4.48. The summed E-state index contributed by atoms with van der Waals surface area (Å²) in [7, 11) is 1.10. The average molecular weight is 606 g/mol. The van der Waals surface area contributed by atoms with Gasteiger partial charge in [-0.3, -0.25) is 15.0 Å². The molecule has 4 atom stereocenters. The Morgan fingerprint density at radius 2 is 1.57 bits per heavy atom. The van der Waals surface area contributed by atoms with E-state index in [0.29, 0.717) is 16.8 Å². The van der Waals surface area contributed by atoms with Crippen molar-refractivity contribution in [3.05, 3.63) is 109 Å². The van der Waals surface area contributed by atoms with E-state index in [2.05, 4.69) is 31.9 Å². The zero-order chi connectivity index (χ0) is 25.2. The Balaban J connectivity index is 1.96. The molecule has 1 saturated heterocycles. The van der Waals surface area contributed by atoms with Gasteiger partial charge in [-0.25, -0.2) is 9.86 Å². The molecule has 0 spiro atoms. The molecule has 3 aromatic rings. The molecule has 1 aliphatic rings. The van der Waals surface area contributed by atoms with Crippen LogP contribution >= 0.6 is 31.9 Å². The van der Waals surface area contributed by atoms with Crippen LogP contribution in [0, 0.1) is 16.0 Å². The Morgan fingerprint density at radius 3 is 2.09 bits per heavy atom. The third kappa shape index (κ3) is 5.11. The molecule has 0 saturated carbocycles. The summed E-state index contributed by atoms with van der Waals surface area (Å²) in [5, 5.41) is 25.0. The van der Waals surface area contributed by atoms with Crippen molar-refractivity contribution >= 4 is 43.5 Å². The minimum absolute atomic E-state index is 0.643. The van der Waals surface area contributed by atoms with E-state index in [0.717, 1.165) is 16.1 Å². The predicted octanol–water partition coefficient (Wildman–Crippen LogP) is 5.24. The first-order valence-corrected chi connectivity index (χ1v) is 12.3. The van der Waals surface area contributed by atoms with Gasteiger partial charge in [-0.15, -0.1) is 0 Å². The Morgan fingerprint density at radius 1 is 1.03 bits per heavy atom. The number of esters is 1. The summed E-state index contributed by atoms with van der Waals surface area (Å²) in [5.41, 5.74) is -0.479. The van der Waals surface area contributed by atoms with E-state index < -0.39 is 41.1 Å². The van der Waals surface area contributed by atoms with Gasteiger partial charge in [0.15, 0.2) is 0 Å². The monoisotopic (exact) mass is 604 g/mol. The molecule has 1 fully saturated rings. The maximum Gasteiger partial charge on any atom is 0.345 e. The fraction of sp³-hybridized carbons (Fsp3) is 0.240. The molecule has 0 radical (unpaired) electrons. The Kier molecular flexibility index (Phi) is 7.56. The zero-order valence-corrected chi connectivity index (χ0v) is 21.8. The summed E-state index contributed by atoms with van der Waals surface area (Å²) >= 11 is 6.84. The molecule has 1 heterocycles. The van der Waals surface area contributed by atoms with Crippen molar-refractivity contribution in [3.8, 4) is 0 Å². The van der Waals surface area contributed by atoms with Crippen LogP contribution in [0.5, 0.6) is 0 Å². The summed E-state index contributed by atoms with van der Waals surface area (Å²) in [6.45, 7) is -1.05. The number of nitro groups is 1. The van der Waals surface area contributed by atoms with E-state index >= 15 is 0 Å². The first-order valence-electron chi connectivity index (χ1n) is 10.7. The summed E-state index contributed by atoms with van der Waals surface area (Å²) < 4.78 is 6.56. The fourth-order valence-corrected chi connectivity index (χ4v) is 5.00. The average Bonchev–Trinajstić information content (AvgIpc) is 3.26. The van der Waals surface area contributed by atoms with Crippen LogP contribution in [0.25, 0.3) is 0 Å². The summed E-state index contributed by atoms with van der Waals surface area (Å²) in [6.07, 6.45) is -0.902. The van der Waals surface area contributed by atoms with Crippen molar-refractivity contribution in [1.82, 2.24) is 0 Å². The van der Waals surface area contributed by atoms with E-state index in [4.69, 9.17) is 9.57 Å². The van der Waals surface area contributed by atoms with Crippen LogP contribution in [0.15, 0.2) is 87.8 Å². The highest BCUT2D eigenvalue weighted by Gasteiger charge is 2.62. The molecule has 0 bridgehead atoms. The highest BCUT2D eigenvalue weighted by molar-refractivity contribution is 9.10. The maximum atomic E-state index is 13.0. The van der Waals surface area contributed by atoms with Crippen LogP contribution in [0.2, 0.25) is 0 Å². The third-order valence-corrected chi connectivity index (χ3v) is 7.08. The Labute approximate surface area is 218 Å². The lowest BCUT2D eigenvalue weighted by molar-refractivity contribution is -0.500. The number of hydroxylamine groups is 1. The molecule has 8 nitrogen and oxygen atoms in total. The van der Waals surface area contributed by atoms with Crippen molar-refractivity contribution < 1.29 is 24.4 Å². The minimum Gasteiger partial charge on any atom is -0.467 e. The van der Waals surface area contributed by atoms with Crippen LogP contribution < -0.4 is 5.06 Å². The van der Waals surface area contributed by atoms with Gasteiger partial charge in [0.1, 0.15) is 6.10 Å². The number of carbonyl (C=O) groups is 1. The molecule has 0 aromatic heterocycles. The van der Waals surface area contributed by atoms with Gasteiger partial charge in [-0.1, -0.05) is 74.3 Å². The maximum absolute atomic E-state index is 13.0. The number of hydrogen-bond donors (Lipinski definition) is 1. The molecule has 1 aliphatic heterocycles. The number of methoxy groups -OCH3 is 1. The number of nitrogens with zero attached hydrogens (tertiary/aromatic N) is 2. The summed E-state index contributed by atoms with van der Waals surface area (Å²) in [6, 6.07) is 22.9. The van der Waals surface area contributed by atoms with Crippen LogP contribution in [0.4, 0.5) is 5.69 Å². The normalized spacial score (nSPS) is 21.4. The van der Waals surface area contributed by atoms with Gasteiger partial charge < -0.3 is 9.84 Å². The number of ether oxygens (including phenoxy) is 1.